The van der Waals surface area contributed by atoms with Crippen molar-refractivity contribution in [1.82, 2.24) is 4.45 Å². The zero-order valence-corrected chi connectivity index (χ0v) is 11.8. The SMILES string of the molecule is O=C(N(NBr)c1c(F)cc(C(F)(F)F)cc1Cl)C(F)(F)F. The lowest BCUT2D eigenvalue weighted by Gasteiger charge is -2.23. The van der Waals surface area contributed by atoms with E-state index in [-0.39, 0.29) is 12.1 Å². The Balaban J connectivity index is 3.40. The molecule has 0 spiro atoms. The first kappa shape index (κ1) is 18.0. The van der Waals surface area contributed by atoms with Gasteiger partial charge in [-0.25, -0.2) is 9.40 Å². The monoisotopic (exact) mass is 402 g/mol. The van der Waals surface area contributed by atoms with Gasteiger partial charge in [0.05, 0.1) is 10.6 Å². The van der Waals surface area contributed by atoms with Crippen LogP contribution in [0.1, 0.15) is 5.56 Å². The highest BCUT2D eigenvalue weighted by Crippen LogP contribution is 2.38. The molecule has 0 fully saturated rings. The third-order valence-corrected chi connectivity index (χ3v) is 2.74. The molecule has 1 N–H and O–H groups in total. The van der Waals surface area contributed by atoms with Gasteiger partial charge in [-0.05, 0) is 12.1 Å². The minimum absolute atomic E-state index is 0.0811. The van der Waals surface area contributed by atoms with Crippen molar-refractivity contribution in [3.8, 4) is 0 Å². The second kappa shape index (κ2) is 5.97. The first-order chi connectivity index (χ1) is 9.39. The molecule has 0 atom stereocenters. The number of carbonyl (C=O) groups excluding carboxylic acids is 1. The van der Waals surface area contributed by atoms with Crippen LogP contribution in [0.25, 0.3) is 0 Å². The third kappa shape index (κ3) is 3.98. The van der Waals surface area contributed by atoms with Gasteiger partial charge < -0.3 is 0 Å². The van der Waals surface area contributed by atoms with Crippen molar-refractivity contribution in [2.24, 2.45) is 0 Å². The lowest BCUT2D eigenvalue weighted by Crippen LogP contribution is -2.46. The fourth-order valence-electron chi connectivity index (χ4n) is 1.25. The zero-order valence-electron chi connectivity index (χ0n) is 9.41. The number of halogens is 9. The quantitative estimate of drug-likeness (QED) is 0.456. The van der Waals surface area contributed by atoms with Crippen molar-refractivity contribution >= 4 is 39.3 Å². The first-order valence-corrected chi connectivity index (χ1v) is 5.90. The molecule has 12 heteroatoms. The van der Waals surface area contributed by atoms with Gasteiger partial charge in [0.1, 0.15) is 5.69 Å². The fraction of sp³-hybridized carbons (Fsp3) is 0.222. The van der Waals surface area contributed by atoms with Crippen LogP contribution >= 0.6 is 27.7 Å². The molecule has 0 aliphatic heterocycles. The third-order valence-electron chi connectivity index (χ3n) is 2.10. The van der Waals surface area contributed by atoms with Gasteiger partial charge in [-0.2, -0.15) is 30.8 Å². The number of hydrazine groups is 1. The van der Waals surface area contributed by atoms with E-state index in [9.17, 15) is 35.5 Å². The van der Waals surface area contributed by atoms with Crippen molar-refractivity contribution in [3.63, 3.8) is 0 Å². The second-order valence-corrected chi connectivity index (χ2v) is 4.27. The molecule has 1 rings (SSSR count). The lowest BCUT2D eigenvalue weighted by atomic mass is 10.2. The normalized spacial score (nSPS) is 12.4. The van der Waals surface area contributed by atoms with Gasteiger partial charge in [-0.15, -0.1) is 0 Å². The smallest absolute Gasteiger partial charge is 0.262 e. The Morgan fingerprint density at radius 3 is 2.05 bits per heavy atom. The topological polar surface area (TPSA) is 32.3 Å². The predicted molar refractivity (Wildman–Crippen MR) is 62.0 cm³/mol. The van der Waals surface area contributed by atoms with Crippen LogP contribution in [0, 0.1) is 5.82 Å². The number of rotatable bonds is 2. The van der Waals surface area contributed by atoms with E-state index in [1.807, 2.05) is 0 Å². The summed E-state index contributed by atoms with van der Waals surface area (Å²) in [5.74, 6) is -4.35. The average Bonchev–Trinajstić information content (AvgIpc) is 2.30. The van der Waals surface area contributed by atoms with Gasteiger partial charge in [-0.1, -0.05) is 11.6 Å². The molecule has 1 aromatic rings. The van der Waals surface area contributed by atoms with Gasteiger partial charge in [0.2, 0.25) is 0 Å². The fourth-order valence-corrected chi connectivity index (χ4v) is 1.88. The van der Waals surface area contributed by atoms with Crippen LogP contribution in [-0.4, -0.2) is 12.1 Å². The Kier molecular flexibility index (Phi) is 5.11. The molecule has 0 aliphatic rings. The Hall–Kier alpha value is -1.07. The molecule has 0 aromatic heterocycles. The summed E-state index contributed by atoms with van der Waals surface area (Å²) in [6.45, 7) is 0. The summed E-state index contributed by atoms with van der Waals surface area (Å²) in [7, 11) is 0. The number of carbonyl (C=O) groups is 1. The lowest BCUT2D eigenvalue weighted by molar-refractivity contribution is -0.170. The van der Waals surface area contributed by atoms with Crippen molar-refractivity contribution in [1.29, 1.82) is 0 Å². The van der Waals surface area contributed by atoms with Crippen molar-refractivity contribution in [2.75, 3.05) is 5.01 Å². The van der Waals surface area contributed by atoms with Gasteiger partial charge in [0.15, 0.2) is 5.82 Å². The van der Waals surface area contributed by atoms with Crippen LogP contribution in [0.15, 0.2) is 12.1 Å². The summed E-state index contributed by atoms with van der Waals surface area (Å²) < 4.78 is 89.3. The molecule has 21 heavy (non-hydrogen) atoms. The first-order valence-electron chi connectivity index (χ1n) is 4.73. The van der Waals surface area contributed by atoms with Crippen LogP contribution in [0.4, 0.5) is 36.4 Å². The molecule has 0 saturated carbocycles. The number of alkyl halides is 6. The number of anilines is 1. The number of nitrogens with one attached hydrogen (secondary N) is 1. The van der Waals surface area contributed by atoms with Gasteiger partial charge >= 0.3 is 18.3 Å². The molecular formula is C9H3BrClF7N2O. The van der Waals surface area contributed by atoms with Crippen LogP contribution < -0.4 is 9.46 Å². The summed E-state index contributed by atoms with van der Waals surface area (Å²) in [6, 6.07) is 0.114. The molecule has 0 saturated heterocycles. The van der Waals surface area contributed by atoms with Crippen LogP contribution in [0.5, 0.6) is 0 Å². The molecule has 1 aromatic carbocycles. The summed E-state index contributed by atoms with van der Waals surface area (Å²) in [4.78, 5) is 11.0. The van der Waals surface area contributed by atoms with E-state index in [1.165, 1.54) is 4.45 Å². The Labute approximate surface area is 126 Å². The number of benzene rings is 1. The molecule has 0 heterocycles. The van der Waals surface area contributed by atoms with E-state index < -0.39 is 45.4 Å². The molecular weight excluding hydrogens is 400 g/mol. The van der Waals surface area contributed by atoms with E-state index in [0.29, 0.717) is 0 Å². The zero-order chi connectivity index (χ0) is 16.6. The highest BCUT2D eigenvalue weighted by molar-refractivity contribution is 9.08. The predicted octanol–water partition coefficient (Wildman–Crippen LogP) is 4.21. The van der Waals surface area contributed by atoms with E-state index in [0.717, 1.165) is 0 Å². The maximum atomic E-state index is 13.6. The molecule has 3 nitrogen and oxygen atoms in total. The number of hydrogen-bond acceptors (Lipinski definition) is 2. The summed E-state index contributed by atoms with van der Waals surface area (Å²) in [6.07, 6.45) is -10.4. The van der Waals surface area contributed by atoms with Gasteiger partial charge in [0, 0.05) is 16.1 Å². The van der Waals surface area contributed by atoms with Gasteiger partial charge in [-0.3, -0.25) is 4.79 Å². The Morgan fingerprint density at radius 2 is 1.71 bits per heavy atom. The average molecular weight is 403 g/mol. The minimum Gasteiger partial charge on any atom is -0.262 e. The molecule has 0 unspecified atom stereocenters. The number of amides is 1. The van der Waals surface area contributed by atoms with Gasteiger partial charge in [0.25, 0.3) is 0 Å². The minimum atomic E-state index is -5.40. The highest BCUT2D eigenvalue weighted by Gasteiger charge is 2.45. The Morgan fingerprint density at radius 1 is 1.19 bits per heavy atom. The van der Waals surface area contributed by atoms with E-state index in [1.54, 1.807) is 0 Å². The van der Waals surface area contributed by atoms with E-state index in [4.69, 9.17) is 11.6 Å². The highest BCUT2D eigenvalue weighted by atomic mass is 79.9. The van der Waals surface area contributed by atoms with Crippen LogP contribution in [0.3, 0.4) is 0 Å². The molecule has 118 valence electrons. The molecule has 0 bridgehead atoms. The Bertz CT molecular complexity index is 537. The molecule has 0 radical (unpaired) electrons. The second-order valence-electron chi connectivity index (χ2n) is 3.51. The summed E-state index contributed by atoms with van der Waals surface area (Å²) >= 11 is 7.63. The maximum Gasteiger partial charge on any atom is 0.473 e. The van der Waals surface area contributed by atoms with Crippen molar-refractivity contribution in [3.05, 3.63) is 28.5 Å². The van der Waals surface area contributed by atoms with E-state index >= 15 is 0 Å². The largest absolute Gasteiger partial charge is 0.473 e. The van der Waals surface area contributed by atoms with Crippen LogP contribution in [-0.2, 0) is 11.0 Å². The molecule has 0 aliphatic carbocycles. The standard InChI is InChI=1S/C9H3BrClF7N2O/c10-19-20(7(21)9(16,17)18)6-4(11)1-3(2-5(6)12)8(13,14)15/h1-2,19H. The maximum absolute atomic E-state index is 13.6. The summed E-state index contributed by atoms with van der Waals surface area (Å²) in [5.41, 5.74) is -2.72. The number of hydrogen-bond donors (Lipinski definition) is 1. The molecule has 1 amide bonds. The van der Waals surface area contributed by atoms with Crippen LogP contribution in [0.2, 0.25) is 5.02 Å². The van der Waals surface area contributed by atoms with Crippen molar-refractivity contribution < 1.29 is 35.5 Å². The van der Waals surface area contributed by atoms with Crippen molar-refractivity contribution in [2.45, 2.75) is 12.4 Å². The van der Waals surface area contributed by atoms with E-state index in [2.05, 4.69) is 16.1 Å². The summed E-state index contributed by atoms with van der Waals surface area (Å²) in [5, 5.41) is -1.44. The number of nitrogens with zero attached hydrogens (tertiary/aromatic N) is 1.